The van der Waals surface area contributed by atoms with Crippen molar-refractivity contribution in [2.45, 2.75) is 19.5 Å². The Balaban J connectivity index is 1.96. The molecule has 0 bridgehead atoms. The second-order valence-electron chi connectivity index (χ2n) is 5.49. The zero-order valence-corrected chi connectivity index (χ0v) is 13.1. The molecule has 0 aliphatic heterocycles. The first kappa shape index (κ1) is 16.2. The van der Waals surface area contributed by atoms with E-state index in [4.69, 9.17) is 0 Å². The van der Waals surface area contributed by atoms with Gasteiger partial charge in [0.2, 0.25) is 5.91 Å². The molecule has 0 aliphatic carbocycles. The first-order valence-electron chi connectivity index (χ1n) is 7.16. The minimum Gasteiger partial charge on any atom is -0.353 e. The van der Waals surface area contributed by atoms with E-state index in [1.54, 1.807) is 27.9 Å². The summed E-state index contributed by atoms with van der Waals surface area (Å²) in [6.45, 7) is 3.08. The molecule has 22 heavy (non-hydrogen) atoms. The van der Waals surface area contributed by atoms with Crippen LogP contribution in [0.3, 0.4) is 0 Å². The Morgan fingerprint density at radius 1 is 1.36 bits per heavy atom. The number of aromatic nitrogens is 2. The van der Waals surface area contributed by atoms with E-state index in [9.17, 15) is 9.18 Å². The van der Waals surface area contributed by atoms with Gasteiger partial charge in [-0.2, -0.15) is 5.10 Å². The number of benzene rings is 1. The molecule has 1 amide bonds. The maximum atomic E-state index is 13.0. The fourth-order valence-corrected chi connectivity index (χ4v) is 2.31. The van der Waals surface area contributed by atoms with Crippen LogP contribution in [0.2, 0.25) is 0 Å². The van der Waals surface area contributed by atoms with E-state index in [-0.39, 0.29) is 11.7 Å². The van der Waals surface area contributed by atoms with Gasteiger partial charge in [-0.25, -0.2) is 4.39 Å². The first-order valence-corrected chi connectivity index (χ1v) is 7.16. The van der Waals surface area contributed by atoms with E-state index in [0.29, 0.717) is 13.1 Å². The summed E-state index contributed by atoms with van der Waals surface area (Å²) >= 11 is 0. The number of carbonyl (C=O) groups is 1. The average molecular weight is 304 g/mol. The average Bonchev–Trinajstić information content (AvgIpc) is 2.86. The number of carbonyl (C=O) groups excluding carboxylic acids is 1. The predicted molar refractivity (Wildman–Crippen MR) is 82.8 cm³/mol. The number of hydrogen-bond acceptors (Lipinski definition) is 3. The molecule has 0 radical (unpaired) electrons. The number of hydrogen-bond donors (Lipinski definition) is 1. The van der Waals surface area contributed by atoms with E-state index in [1.807, 2.05) is 27.2 Å². The third-order valence-electron chi connectivity index (χ3n) is 3.35. The van der Waals surface area contributed by atoms with Gasteiger partial charge in [-0.1, -0.05) is 12.1 Å². The van der Waals surface area contributed by atoms with Crippen LogP contribution in [0.5, 0.6) is 0 Å². The largest absolute Gasteiger partial charge is 0.353 e. The Labute approximate surface area is 129 Å². The fraction of sp³-hybridized carbons (Fsp3) is 0.375. The van der Waals surface area contributed by atoms with Crippen molar-refractivity contribution in [2.24, 2.45) is 0 Å². The highest BCUT2D eigenvalue weighted by Gasteiger charge is 2.22. The molecule has 0 saturated heterocycles. The molecule has 118 valence electrons. The van der Waals surface area contributed by atoms with Gasteiger partial charge in [0.1, 0.15) is 11.9 Å². The van der Waals surface area contributed by atoms with E-state index in [0.717, 1.165) is 11.1 Å². The van der Waals surface area contributed by atoms with Crippen LogP contribution in [0, 0.1) is 12.7 Å². The third-order valence-corrected chi connectivity index (χ3v) is 3.35. The normalized spacial score (nSPS) is 12.4. The summed E-state index contributed by atoms with van der Waals surface area (Å²) < 4.78 is 14.8. The molecule has 1 aromatic heterocycles. The van der Waals surface area contributed by atoms with Crippen molar-refractivity contribution in [1.82, 2.24) is 20.0 Å². The lowest BCUT2D eigenvalue weighted by atomic mass is 10.1. The zero-order chi connectivity index (χ0) is 16.1. The Hall–Kier alpha value is -2.21. The number of likely N-dealkylation sites (N-methyl/N-ethyl adjacent to an activating group) is 1. The van der Waals surface area contributed by atoms with Crippen LogP contribution in [0.25, 0.3) is 0 Å². The van der Waals surface area contributed by atoms with Gasteiger partial charge in [-0.05, 0) is 44.3 Å². The highest BCUT2D eigenvalue weighted by Crippen LogP contribution is 2.18. The Kier molecular flexibility index (Phi) is 5.27. The zero-order valence-electron chi connectivity index (χ0n) is 13.1. The topological polar surface area (TPSA) is 50.2 Å². The van der Waals surface area contributed by atoms with Crippen molar-refractivity contribution in [2.75, 3.05) is 20.6 Å². The summed E-state index contributed by atoms with van der Waals surface area (Å²) in [6, 6.07) is 5.56. The summed E-state index contributed by atoms with van der Waals surface area (Å²) in [6.07, 6.45) is 3.71. The second-order valence-corrected chi connectivity index (χ2v) is 5.49. The number of amides is 1. The molecule has 6 heteroatoms. The van der Waals surface area contributed by atoms with E-state index in [1.165, 1.54) is 12.1 Å². The van der Waals surface area contributed by atoms with Crippen LogP contribution in [-0.4, -0.2) is 41.2 Å². The highest BCUT2D eigenvalue weighted by atomic mass is 19.1. The second kappa shape index (κ2) is 7.17. The van der Waals surface area contributed by atoms with E-state index >= 15 is 0 Å². The Morgan fingerprint density at radius 3 is 2.59 bits per heavy atom. The fourth-order valence-electron chi connectivity index (χ4n) is 2.31. The summed E-state index contributed by atoms with van der Waals surface area (Å²) in [7, 11) is 3.65. The van der Waals surface area contributed by atoms with Crippen molar-refractivity contribution < 1.29 is 9.18 Å². The van der Waals surface area contributed by atoms with Crippen molar-refractivity contribution in [1.29, 1.82) is 0 Å². The summed E-state index contributed by atoms with van der Waals surface area (Å²) in [5, 5.41) is 7.07. The predicted octanol–water partition coefficient (Wildman–Crippen LogP) is 1.75. The van der Waals surface area contributed by atoms with E-state index < -0.39 is 6.04 Å². The van der Waals surface area contributed by atoms with Crippen LogP contribution < -0.4 is 5.32 Å². The number of nitrogens with zero attached hydrogens (tertiary/aromatic N) is 3. The van der Waals surface area contributed by atoms with Crippen LogP contribution in [-0.2, 0) is 11.3 Å². The maximum absolute atomic E-state index is 13.0. The Bertz CT molecular complexity index is 621. The lowest BCUT2D eigenvalue weighted by Crippen LogP contribution is -2.38. The van der Waals surface area contributed by atoms with Crippen molar-refractivity contribution in [3.05, 3.63) is 53.6 Å². The molecule has 0 aliphatic rings. The molecule has 1 atom stereocenters. The lowest BCUT2D eigenvalue weighted by molar-refractivity contribution is -0.125. The van der Waals surface area contributed by atoms with Gasteiger partial charge in [-0.3, -0.25) is 14.4 Å². The molecule has 1 N–H and O–H groups in total. The molecule has 2 aromatic rings. The minimum atomic E-state index is -0.444. The lowest BCUT2D eigenvalue weighted by Gasteiger charge is -2.23. The van der Waals surface area contributed by atoms with E-state index in [2.05, 4.69) is 10.4 Å². The van der Waals surface area contributed by atoms with Gasteiger partial charge in [0.05, 0.1) is 12.7 Å². The standard InChI is InChI=1S/C16H21FN4O/c1-12-10-19-21(11-12)9-8-18-16(22)15(20(2)3)13-4-6-14(17)7-5-13/h4-7,10-11,15H,8-9H2,1-3H3,(H,18,22)/t15-/m0/s1. The summed E-state index contributed by atoms with van der Waals surface area (Å²) in [5.41, 5.74) is 1.85. The summed E-state index contributed by atoms with van der Waals surface area (Å²) in [4.78, 5) is 14.2. The third kappa shape index (κ3) is 4.14. The van der Waals surface area contributed by atoms with Crippen molar-refractivity contribution >= 4 is 5.91 Å². The van der Waals surface area contributed by atoms with Gasteiger partial charge in [0, 0.05) is 12.7 Å². The van der Waals surface area contributed by atoms with Gasteiger partial charge in [-0.15, -0.1) is 0 Å². The maximum Gasteiger partial charge on any atom is 0.242 e. The van der Waals surface area contributed by atoms with Crippen molar-refractivity contribution in [3.8, 4) is 0 Å². The van der Waals surface area contributed by atoms with Crippen molar-refractivity contribution in [3.63, 3.8) is 0 Å². The molecule has 0 unspecified atom stereocenters. The molecular weight excluding hydrogens is 283 g/mol. The quantitative estimate of drug-likeness (QED) is 0.884. The molecule has 5 nitrogen and oxygen atoms in total. The number of nitrogens with one attached hydrogen (secondary N) is 1. The van der Waals surface area contributed by atoms with Crippen LogP contribution in [0.15, 0.2) is 36.7 Å². The number of halogens is 1. The summed E-state index contributed by atoms with van der Waals surface area (Å²) in [5.74, 6) is -0.420. The minimum absolute atomic E-state index is 0.111. The molecule has 2 rings (SSSR count). The number of rotatable bonds is 6. The van der Waals surface area contributed by atoms with Gasteiger partial charge in [0.25, 0.3) is 0 Å². The molecule has 1 heterocycles. The smallest absolute Gasteiger partial charge is 0.242 e. The molecule has 0 fully saturated rings. The molecular formula is C16H21FN4O. The Morgan fingerprint density at radius 2 is 2.05 bits per heavy atom. The monoisotopic (exact) mass is 304 g/mol. The first-order chi connectivity index (χ1) is 10.5. The molecule has 1 aromatic carbocycles. The van der Waals surface area contributed by atoms with Crippen LogP contribution in [0.4, 0.5) is 4.39 Å². The van der Waals surface area contributed by atoms with Gasteiger partial charge in [0.15, 0.2) is 0 Å². The molecule has 0 spiro atoms. The van der Waals surface area contributed by atoms with Gasteiger partial charge >= 0.3 is 0 Å². The van der Waals surface area contributed by atoms with Crippen LogP contribution in [0.1, 0.15) is 17.2 Å². The number of aryl methyl sites for hydroxylation is 1. The van der Waals surface area contributed by atoms with Gasteiger partial charge < -0.3 is 5.32 Å². The van der Waals surface area contributed by atoms with Crippen LogP contribution >= 0.6 is 0 Å². The SMILES string of the molecule is Cc1cnn(CCNC(=O)[C@H](c2ccc(F)cc2)N(C)C)c1. The highest BCUT2D eigenvalue weighted by molar-refractivity contribution is 5.83. The molecule has 0 saturated carbocycles.